The van der Waals surface area contributed by atoms with E-state index in [1.54, 1.807) is 6.92 Å². The van der Waals surface area contributed by atoms with Crippen molar-refractivity contribution in [1.29, 1.82) is 0 Å². The van der Waals surface area contributed by atoms with Crippen molar-refractivity contribution in [1.82, 2.24) is 4.90 Å². The summed E-state index contributed by atoms with van der Waals surface area (Å²) in [6, 6.07) is 8.79. The first kappa shape index (κ1) is 13.8. The van der Waals surface area contributed by atoms with Crippen LogP contribution in [0, 0.1) is 0 Å². The number of halogens is 2. The van der Waals surface area contributed by atoms with E-state index in [0.717, 1.165) is 5.56 Å². The van der Waals surface area contributed by atoms with E-state index in [9.17, 15) is 13.6 Å². The predicted molar refractivity (Wildman–Crippen MR) is 67.0 cm³/mol. The first-order chi connectivity index (χ1) is 8.98. The summed E-state index contributed by atoms with van der Waals surface area (Å²) in [5.41, 5.74) is 0.880. The minimum atomic E-state index is -2.67. The Kier molecular flexibility index (Phi) is 4.02. The van der Waals surface area contributed by atoms with Gasteiger partial charge in [0.05, 0.1) is 0 Å². The van der Waals surface area contributed by atoms with Gasteiger partial charge in [-0.2, -0.15) is 0 Å². The first-order valence-electron chi connectivity index (χ1n) is 6.33. The minimum Gasteiger partial charge on any atom is -0.445 e. The first-order valence-corrected chi connectivity index (χ1v) is 6.33. The Hall–Kier alpha value is -1.65. The van der Waals surface area contributed by atoms with Crippen molar-refractivity contribution in [3.63, 3.8) is 0 Å². The smallest absolute Gasteiger partial charge is 0.410 e. The van der Waals surface area contributed by atoms with Crippen LogP contribution in [0.3, 0.4) is 0 Å². The number of carbonyl (C=O) groups is 1. The molecule has 5 heteroatoms. The van der Waals surface area contributed by atoms with E-state index in [2.05, 4.69) is 0 Å². The Bertz CT molecular complexity index is 436. The zero-order valence-corrected chi connectivity index (χ0v) is 10.8. The molecule has 1 aliphatic rings. The summed E-state index contributed by atoms with van der Waals surface area (Å²) in [5, 5.41) is 0. The van der Waals surface area contributed by atoms with Crippen LogP contribution in [-0.4, -0.2) is 29.5 Å². The Morgan fingerprint density at radius 1 is 1.42 bits per heavy atom. The molecule has 0 spiro atoms. The summed E-state index contributed by atoms with van der Waals surface area (Å²) in [4.78, 5) is 13.2. The van der Waals surface area contributed by atoms with Gasteiger partial charge in [-0.3, -0.25) is 0 Å². The van der Waals surface area contributed by atoms with Crippen molar-refractivity contribution in [2.45, 2.75) is 38.3 Å². The molecule has 0 aromatic heterocycles. The maximum atomic E-state index is 13.2. The lowest BCUT2D eigenvalue weighted by molar-refractivity contribution is -0.0708. The third-order valence-corrected chi connectivity index (χ3v) is 3.28. The number of nitrogens with zero attached hydrogens (tertiary/aromatic N) is 1. The molecular formula is C14H17F2NO2. The van der Waals surface area contributed by atoms with Gasteiger partial charge in [-0.15, -0.1) is 0 Å². The molecular weight excluding hydrogens is 252 g/mol. The predicted octanol–water partition coefficient (Wildman–Crippen LogP) is 3.44. The average Bonchev–Trinajstić information content (AvgIpc) is 2.36. The van der Waals surface area contributed by atoms with E-state index in [-0.39, 0.29) is 26.0 Å². The van der Waals surface area contributed by atoms with E-state index >= 15 is 0 Å². The van der Waals surface area contributed by atoms with Crippen molar-refractivity contribution in [3.8, 4) is 0 Å². The highest BCUT2D eigenvalue weighted by atomic mass is 19.3. The van der Waals surface area contributed by atoms with E-state index in [1.165, 1.54) is 4.90 Å². The summed E-state index contributed by atoms with van der Waals surface area (Å²) in [5.74, 6) is -2.67. The molecule has 1 heterocycles. The molecule has 1 fully saturated rings. The van der Waals surface area contributed by atoms with Crippen molar-refractivity contribution in [3.05, 3.63) is 35.9 Å². The summed E-state index contributed by atoms with van der Waals surface area (Å²) < 4.78 is 31.5. The zero-order valence-electron chi connectivity index (χ0n) is 10.8. The van der Waals surface area contributed by atoms with Gasteiger partial charge in [-0.05, 0) is 12.5 Å². The van der Waals surface area contributed by atoms with Crippen molar-refractivity contribution in [2.75, 3.05) is 6.54 Å². The van der Waals surface area contributed by atoms with Crippen LogP contribution in [0.4, 0.5) is 13.6 Å². The topological polar surface area (TPSA) is 29.5 Å². The van der Waals surface area contributed by atoms with Crippen LogP contribution in [0.25, 0.3) is 0 Å². The van der Waals surface area contributed by atoms with Crippen LogP contribution in [0.2, 0.25) is 0 Å². The molecule has 1 saturated heterocycles. The van der Waals surface area contributed by atoms with Gasteiger partial charge < -0.3 is 9.64 Å². The second kappa shape index (κ2) is 5.55. The molecule has 0 bridgehead atoms. The standard InChI is InChI=1S/C14H17F2NO2/c1-11-9-14(15,16)7-8-17(11)13(18)19-10-12-5-3-2-4-6-12/h2-6,11H,7-10H2,1H3. The molecule has 0 radical (unpaired) electrons. The van der Waals surface area contributed by atoms with E-state index in [4.69, 9.17) is 4.74 Å². The average molecular weight is 269 g/mol. The van der Waals surface area contributed by atoms with Gasteiger partial charge >= 0.3 is 6.09 Å². The van der Waals surface area contributed by atoms with Gasteiger partial charge in [0, 0.05) is 25.4 Å². The number of hydrogen-bond donors (Lipinski definition) is 0. The molecule has 3 nitrogen and oxygen atoms in total. The third kappa shape index (κ3) is 3.66. The number of piperidine rings is 1. The number of hydrogen-bond acceptors (Lipinski definition) is 2. The van der Waals surface area contributed by atoms with Crippen LogP contribution >= 0.6 is 0 Å². The van der Waals surface area contributed by atoms with Crippen molar-refractivity contribution in [2.24, 2.45) is 0 Å². The van der Waals surface area contributed by atoms with Crippen LogP contribution in [0.5, 0.6) is 0 Å². The Morgan fingerprint density at radius 3 is 2.74 bits per heavy atom. The number of amides is 1. The van der Waals surface area contributed by atoms with Crippen molar-refractivity contribution < 1.29 is 18.3 Å². The molecule has 1 amide bonds. The fourth-order valence-corrected chi connectivity index (χ4v) is 2.22. The minimum absolute atomic E-state index is 0.0434. The zero-order chi connectivity index (χ0) is 13.9. The van der Waals surface area contributed by atoms with Gasteiger partial charge in [0.1, 0.15) is 6.61 Å². The fraction of sp³-hybridized carbons (Fsp3) is 0.500. The van der Waals surface area contributed by atoms with E-state index < -0.39 is 18.1 Å². The quantitative estimate of drug-likeness (QED) is 0.823. The SMILES string of the molecule is CC1CC(F)(F)CCN1C(=O)OCc1ccccc1. The second-order valence-corrected chi connectivity index (χ2v) is 4.89. The van der Waals surface area contributed by atoms with Crippen LogP contribution in [0.15, 0.2) is 30.3 Å². The molecule has 0 saturated carbocycles. The molecule has 0 N–H and O–H groups in total. The number of carbonyl (C=O) groups excluding carboxylic acids is 1. The summed E-state index contributed by atoms with van der Waals surface area (Å²) in [6.07, 6.45) is -1.11. The third-order valence-electron chi connectivity index (χ3n) is 3.28. The summed E-state index contributed by atoms with van der Waals surface area (Å²) in [7, 11) is 0. The summed E-state index contributed by atoms with van der Waals surface area (Å²) in [6.45, 7) is 1.83. The van der Waals surface area contributed by atoms with Gasteiger partial charge in [0.15, 0.2) is 0 Å². The highest BCUT2D eigenvalue weighted by Gasteiger charge is 2.40. The van der Waals surface area contributed by atoms with Gasteiger partial charge in [-0.25, -0.2) is 13.6 Å². The Labute approximate surface area is 111 Å². The lowest BCUT2D eigenvalue weighted by Crippen LogP contribution is -2.48. The monoisotopic (exact) mass is 269 g/mol. The normalized spacial score (nSPS) is 22.1. The number of benzene rings is 1. The summed E-state index contributed by atoms with van der Waals surface area (Å²) >= 11 is 0. The molecule has 104 valence electrons. The van der Waals surface area contributed by atoms with Crippen molar-refractivity contribution >= 4 is 6.09 Å². The van der Waals surface area contributed by atoms with Crippen LogP contribution in [0.1, 0.15) is 25.3 Å². The lowest BCUT2D eigenvalue weighted by atomic mass is 10.0. The molecule has 1 aromatic carbocycles. The lowest BCUT2D eigenvalue weighted by Gasteiger charge is -2.36. The number of likely N-dealkylation sites (tertiary alicyclic amines) is 1. The van der Waals surface area contributed by atoms with Gasteiger partial charge in [0.25, 0.3) is 5.92 Å². The maximum absolute atomic E-state index is 13.2. The number of rotatable bonds is 2. The van der Waals surface area contributed by atoms with Gasteiger partial charge in [0.2, 0.25) is 0 Å². The highest BCUT2D eigenvalue weighted by molar-refractivity contribution is 5.68. The molecule has 2 rings (SSSR count). The Morgan fingerprint density at radius 2 is 2.11 bits per heavy atom. The fourth-order valence-electron chi connectivity index (χ4n) is 2.22. The Balaban J connectivity index is 1.87. The maximum Gasteiger partial charge on any atom is 0.410 e. The second-order valence-electron chi connectivity index (χ2n) is 4.89. The number of ether oxygens (including phenoxy) is 1. The molecule has 1 unspecified atom stereocenters. The largest absolute Gasteiger partial charge is 0.445 e. The highest BCUT2D eigenvalue weighted by Crippen LogP contribution is 2.31. The molecule has 0 aliphatic carbocycles. The molecule has 19 heavy (non-hydrogen) atoms. The molecule has 1 atom stereocenters. The molecule has 1 aromatic rings. The number of alkyl halides is 2. The van der Waals surface area contributed by atoms with Gasteiger partial charge in [-0.1, -0.05) is 30.3 Å². The van der Waals surface area contributed by atoms with Crippen LogP contribution < -0.4 is 0 Å². The van der Waals surface area contributed by atoms with Crippen LogP contribution in [-0.2, 0) is 11.3 Å². The molecule has 1 aliphatic heterocycles. The van der Waals surface area contributed by atoms with E-state index in [0.29, 0.717) is 0 Å². The van der Waals surface area contributed by atoms with E-state index in [1.807, 2.05) is 30.3 Å².